The molecule has 104 valence electrons. The van der Waals surface area contributed by atoms with E-state index in [1.807, 2.05) is 24.3 Å². The highest BCUT2D eigenvalue weighted by atomic mass is 16.1. The molecule has 0 bridgehead atoms. The molecular weight excluding hydrogens is 254 g/mol. The van der Waals surface area contributed by atoms with Gasteiger partial charge in [-0.15, -0.1) is 5.10 Å². The molecule has 1 aromatic heterocycles. The standard InChI is InChI=1S/C14H17N5O/c20-14(16-7-9-19-10-8-17-18-19)12-5-6-15-13-4-2-1-3-11(12)13/h1-4,8,10,12,15H,5-7,9H2,(H,16,20). The highest BCUT2D eigenvalue weighted by Gasteiger charge is 2.25. The molecule has 2 heterocycles. The smallest absolute Gasteiger partial charge is 0.227 e. The molecule has 1 amide bonds. The molecule has 0 spiro atoms. The van der Waals surface area contributed by atoms with Crippen LogP contribution in [0.1, 0.15) is 17.9 Å². The second-order valence-electron chi connectivity index (χ2n) is 4.81. The minimum Gasteiger partial charge on any atom is -0.385 e. The Morgan fingerprint density at radius 2 is 2.35 bits per heavy atom. The van der Waals surface area contributed by atoms with Gasteiger partial charge in [-0.25, -0.2) is 0 Å². The first kappa shape index (κ1) is 12.7. The Labute approximate surface area is 117 Å². The Morgan fingerprint density at radius 3 is 3.20 bits per heavy atom. The second kappa shape index (κ2) is 5.73. The maximum atomic E-state index is 12.3. The molecular formula is C14H17N5O. The largest absolute Gasteiger partial charge is 0.385 e. The number of hydrogen-bond acceptors (Lipinski definition) is 4. The number of nitrogens with zero attached hydrogens (tertiary/aromatic N) is 3. The van der Waals surface area contributed by atoms with E-state index in [9.17, 15) is 4.79 Å². The molecule has 1 aromatic carbocycles. The zero-order valence-electron chi connectivity index (χ0n) is 11.1. The highest BCUT2D eigenvalue weighted by molar-refractivity contribution is 5.86. The van der Waals surface area contributed by atoms with Gasteiger partial charge in [-0.05, 0) is 18.1 Å². The third-order valence-corrected chi connectivity index (χ3v) is 3.51. The second-order valence-corrected chi connectivity index (χ2v) is 4.81. The van der Waals surface area contributed by atoms with Gasteiger partial charge in [-0.1, -0.05) is 23.4 Å². The van der Waals surface area contributed by atoms with E-state index in [4.69, 9.17) is 0 Å². The van der Waals surface area contributed by atoms with Crippen LogP contribution in [-0.4, -0.2) is 34.0 Å². The number of nitrogens with one attached hydrogen (secondary N) is 2. The van der Waals surface area contributed by atoms with Gasteiger partial charge in [0, 0.05) is 25.0 Å². The highest BCUT2D eigenvalue weighted by Crippen LogP contribution is 2.31. The molecule has 1 aliphatic rings. The van der Waals surface area contributed by atoms with Crippen molar-refractivity contribution >= 4 is 11.6 Å². The maximum Gasteiger partial charge on any atom is 0.227 e. The van der Waals surface area contributed by atoms with E-state index in [1.54, 1.807) is 17.1 Å². The number of para-hydroxylation sites is 1. The van der Waals surface area contributed by atoms with Crippen LogP contribution in [0.25, 0.3) is 0 Å². The van der Waals surface area contributed by atoms with Gasteiger partial charge in [0.25, 0.3) is 0 Å². The zero-order chi connectivity index (χ0) is 13.8. The zero-order valence-corrected chi connectivity index (χ0v) is 11.1. The number of benzene rings is 1. The van der Waals surface area contributed by atoms with Crippen molar-refractivity contribution in [2.45, 2.75) is 18.9 Å². The lowest BCUT2D eigenvalue weighted by atomic mass is 9.90. The summed E-state index contributed by atoms with van der Waals surface area (Å²) in [5, 5.41) is 13.9. The van der Waals surface area contributed by atoms with E-state index in [1.165, 1.54) is 0 Å². The van der Waals surface area contributed by atoms with Crippen LogP contribution < -0.4 is 10.6 Å². The lowest BCUT2D eigenvalue weighted by molar-refractivity contribution is -0.122. The summed E-state index contributed by atoms with van der Waals surface area (Å²) in [5.74, 6) is 0.0160. The molecule has 6 nitrogen and oxygen atoms in total. The summed E-state index contributed by atoms with van der Waals surface area (Å²) >= 11 is 0. The SMILES string of the molecule is O=C(NCCn1ccnn1)C1CCNc2ccccc21. The molecule has 3 rings (SSSR count). The summed E-state index contributed by atoms with van der Waals surface area (Å²) in [7, 11) is 0. The van der Waals surface area contributed by atoms with Gasteiger partial charge in [0.1, 0.15) is 0 Å². The van der Waals surface area contributed by atoms with Gasteiger partial charge in [0.05, 0.1) is 18.7 Å². The van der Waals surface area contributed by atoms with Crippen molar-refractivity contribution in [3.05, 3.63) is 42.2 Å². The number of anilines is 1. The molecule has 2 N–H and O–H groups in total. The molecule has 1 unspecified atom stereocenters. The van der Waals surface area contributed by atoms with Crippen molar-refractivity contribution in [1.82, 2.24) is 20.3 Å². The van der Waals surface area contributed by atoms with E-state index in [2.05, 4.69) is 20.9 Å². The third kappa shape index (κ3) is 2.64. The van der Waals surface area contributed by atoms with Crippen molar-refractivity contribution in [1.29, 1.82) is 0 Å². The molecule has 1 aliphatic heterocycles. The van der Waals surface area contributed by atoms with Crippen LogP contribution in [0.3, 0.4) is 0 Å². The molecule has 0 aliphatic carbocycles. The molecule has 0 saturated carbocycles. The van der Waals surface area contributed by atoms with E-state index >= 15 is 0 Å². The number of aromatic nitrogens is 3. The first-order valence-corrected chi connectivity index (χ1v) is 6.79. The van der Waals surface area contributed by atoms with Gasteiger partial charge in [-0.2, -0.15) is 0 Å². The van der Waals surface area contributed by atoms with Crippen molar-refractivity contribution in [2.75, 3.05) is 18.4 Å². The van der Waals surface area contributed by atoms with Crippen LogP contribution in [0.2, 0.25) is 0 Å². The van der Waals surface area contributed by atoms with E-state index in [0.717, 1.165) is 24.2 Å². The van der Waals surface area contributed by atoms with E-state index in [-0.39, 0.29) is 11.8 Å². The Morgan fingerprint density at radius 1 is 1.45 bits per heavy atom. The first-order valence-electron chi connectivity index (χ1n) is 6.79. The molecule has 0 fully saturated rings. The summed E-state index contributed by atoms with van der Waals surface area (Å²) in [5.41, 5.74) is 2.15. The van der Waals surface area contributed by atoms with Crippen molar-refractivity contribution in [2.24, 2.45) is 0 Å². The lowest BCUT2D eigenvalue weighted by Gasteiger charge is -2.25. The Kier molecular flexibility index (Phi) is 3.62. The van der Waals surface area contributed by atoms with Crippen LogP contribution in [-0.2, 0) is 11.3 Å². The molecule has 2 aromatic rings. The van der Waals surface area contributed by atoms with Crippen molar-refractivity contribution in [3.63, 3.8) is 0 Å². The molecule has 0 radical (unpaired) electrons. The van der Waals surface area contributed by atoms with Crippen LogP contribution in [0, 0.1) is 0 Å². The lowest BCUT2D eigenvalue weighted by Crippen LogP contribution is -2.34. The summed E-state index contributed by atoms with van der Waals surface area (Å²) in [4.78, 5) is 12.3. The predicted octanol–water partition coefficient (Wildman–Crippen LogP) is 0.994. The van der Waals surface area contributed by atoms with Crippen LogP contribution >= 0.6 is 0 Å². The Bertz CT molecular complexity index is 581. The first-order chi connectivity index (χ1) is 9.84. The van der Waals surface area contributed by atoms with Crippen molar-refractivity contribution < 1.29 is 4.79 Å². The Hall–Kier alpha value is -2.37. The van der Waals surface area contributed by atoms with Gasteiger partial charge in [0.15, 0.2) is 0 Å². The van der Waals surface area contributed by atoms with Gasteiger partial charge >= 0.3 is 0 Å². The molecule has 0 saturated heterocycles. The van der Waals surface area contributed by atoms with Crippen LogP contribution in [0.15, 0.2) is 36.7 Å². The number of hydrogen-bond donors (Lipinski definition) is 2. The van der Waals surface area contributed by atoms with E-state index in [0.29, 0.717) is 13.1 Å². The summed E-state index contributed by atoms with van der Waals surface area (Å²) < 4.78 is 1.71. The van der Waals surface area contributed by atoms with Crippen molar-refractivity contribution in [3.8, 4) is 0 Å². The number of fused-ring (bicyclic) bond motifs is 1. The summed E-state index contributed by atoms with van der Waals surface area (Å²) in [6.45, 7) is 2.03. The van der Waals surface area contributed by atoms with Gasteiger partial charge < -0.3 is 10.6 Å². The van der Waals surface area contributed by atoms with Crippen LogP contribution in [0.4, 0.5) is 5.69 Å². The number of carbonyl (C=O) groups is 1. The predicted molar refractivity (Wildman–Crippen MR) is 75.3 cm³/mol. The quantitative estimate of drug-likeness (QED) is 0.870. The minimum atomic E-state index is -0.0665. The molecule has 20 heavy (non-hydrogen) atoms. The fourth-order valence-corrected chi connectivity index (χ4v) is 2.51. The van der Waals surface area contributed by atoms with Gasteiger partial charge in [0.2, 0.25) is 5.91 Å². The minimum absolute atomic E-state index is 0.0665. The topological polar surface area (TPSA) is 71.8 Å². The average Bonchev–Trinajstić information content (AvgIpc) is 3.00. The number of amides is 1. The molecule has 6 heteroatoms. The normalized spacial score (nSPS) is 17.1. The summed E-state index contributed by atoms with van der Waals surface area (Å²) in [6.07, 6.45) is 4.24. The number of rotatable bonds is 4. The number of carbonyl (C=O) groups excluding carboxylic acids is 1. The van der Waals surface area contributed by atoms with Gasteiger partial charge in [-0.3, -0.25) is 9.48 Å². The maximum absolute atomic E-state index is 12.3. The fourth-order valence-electron chi connectivity index (χ4n) is 2.51. The third-order valence-electron chi connectivity index (χ3n) is 3.51. The monoisotopic (exact) mass is 271 g/mol. The van der Waals surface area contributed by atoms with E-state index < -0.39 is 0 Å². The average molecular weight is 271 g/mol. The summed E-state index contributed by atoms with van der Waals surface area (Å²) in [6, 6.07) is 7.99. The molecule has 1 atom stereocenters. The fraction of sp³-hybridized carbons (Fsp3) is 0.357. The Balaban J connectivity index is 1.60. The van der Waals surface area contributed by atoms with Crippen LogP contribution in [0.5, 0.6) is 0 Å².